The highest BCUT2D eigenvalue weighted by molar-refractivity contribution is 6.07. The molecule has 1 atom stereocenters. The van der Waals surface area contributed by atoms with Gasteiger partial charge in [-0.3, -0.25) is 14.4 Å². The first kappa shape index (κ1) is 14.8. The molecule has 0 radical (unpaired) electrons. The monoisotopic (exact) mass is 288 g/mol. The lowest BCUT2D eigenvalue weighted by atomic mass is 10.1. The number of Topliss-reactive ketones (excluding diaryl/α,β-unsaturated/α-hetero) is 1. The van der Waals surface area contributed by atoms with Crippen molar-refractivity contribution in [3.63, 3.8) is 0 Å². The fourth-order valence-electron chi connectivity index (χ4n) is 2.16. The smallest absolute Gasteiger partial charge is 0.325 e. The highest BCUT2D eigenvalue weighted by Gasteiger charge is 2.16. The van der Waals surface area contributed by atoms with E-state index in [0.29, 0.717) is 5.56 Å². The van der Waals surface area contributed by atoms with Crippen LogP contribution in [0.3, 0.4) is 0 Å². The van der Waals surface area contributed by atoms with Crippen molar-refractivity contribution in [2.45, 2.75) is 26.4 Å². The van der Waals surface area contributed by atoms with E-state index < -0.39 is 17.9 Å². The molecule has 1 amide bonds. The molecule has 6 nitrogen and oxygen atoms in total. The summed E-state index contributed by atoms with van der Waals surface area (Å²) >= 11 is 0. The molecule has 2 rings (SSSR count). The Kier molecular flexibility index (Phi) is 4.07. The summed E-state index contributed by atoms with van der Waals surface area (Å²) in [5.41, 5.74) is 1.31. The summed E-state index contributed by atoms with van der Waals surface area (Å²) in [6.07, 6.45) is 1.62. The minimum Gasteiger partial charge on any atom is -0.480 e. The first-order chi connectivity index (χ1) is 9.90. The van der Waals surface area contributed by atoms with E-state index in [1.807, 2.05) is 24.3 Å². The van der Waals surface area contributed by atoms with Gasteiger partial charge < -0.3 is 15.0 Å². The Hall–Kier alpha value is -2.63. The molecule has 0 unspecified atom stereocenters. The number of carbonyl (C=O) groups excluding carboxylic acids is 2. The molecule has 0 bridgehead atoms. The van der Waals surface area contributed by atoms with Gasteiger partial charge in [0.2, 0.25) is 5.91 Å². The third kappa shape index (κ3) is 3.10. The van der Waals surface area contributed by atoms with Gasteiger partial charge in [-0.25, -0.2) is 0 Å². The predicted molar refractivity (Wildman–Crippen MR) is 77.2 cm³/mol. The number of para-hydroxylation sites is 1. The van der Waals surface area contributed by atoms with Crippen LogP contribution in [0.5, 0.6) is 0 Å². The van der Waals surface area contributed by atoms with E-state index in [0.717, 1.165) is 10.9 Å². The molecule has 21 heavy (non-hydrogen) atoms. The molecule has 2 aromatic rings. The number of fused-ring (bicyclic) bond motifs is 1. The summed E-state index contributed by atoms with van der Waals surface area (Å²) in [5, 5.41) is 11.9. The van der Waals surface area contributed by atoms with Gasteiger partial charge >= 0.3 is 5.97 Å². The normalized spacial score (nSPS) is 12.1. The van der Waals surface area contributed by atoms with Gasteiger partial charge in [-0.15, -0.1) is 0 Å². The molecule has 0 fully saturated rings. The van der Waals surface area contributed by atoms with Crippen LogP contribution in [0.2, 0.25) is 0 Å². The molecule has 0 aliphatic carbocycles. The molecule has 110 valence electrons. The van der Waals surface area contributed by atoms with Crippen LogP contribution in [0, 0.1) is 0 Å². The third-order valence-corrected chi connectivity index (χ3v) is 3.23. The fraction of sp³-hybridized carbons (Fsp3) is 0.267. The lowest BCUT2D eigenvalue weighted by Gasteiger charge is -2.10. The molecule has 1 heterocycles. The topological polar surface area (TPSA) is 88.4 Å². The molecule has 1 aromatic heterocycles. The van der Waals surface area contributed by atoms with Crippen molar-refractivity contribution in [1.82, 2.24) is 9.88 Å². The second-order valence-corrected chi connectivity index (χ2v) is 4.87. The summed E-state index contributed by atoms with van der Waals surface area (Å²) < 4.78 is 1.65. The summed E-state index contributed by atoms with van der Waals surface area (Å²) in [6, 6.07) is 6.33. The summed E-state index contributed by atoms with van der Waals surface area (Å²) in [6.45, 7) is 2.83. The first-order valence-corrected chi connectivity index (χ1v) is 6.51. The summed E-state index contributed by atoms with van der Waals surface area (Å²) in [7, 11) is 0. The lowest BCUT2D eigenvalue weighted by Crippen LogP contribution is -2.40. The van der Waals surface area contributed by atoms with E-state index in [9.17, 15) is 14.4 Å². The molecule has 0 saturated carbocycles. The van der Waals surface area contributed by atoms with E-state index >= 15 is 0 Å². The molecule has 6 heteroatoms. The zero-order valence-corrected chi connectivity index (χ0v) is 11.8. The number of carboxylic acids is 1. The Balaban J connectivity index is 2.28. The van der Waals surface area contributed by atoms with Crippen molar-refractivity contribution in [3.8, 4) is 0 Å². The number of nitrogens with zero attached hydrogens (tertiary/aromatic N) is 1. The van der Waals surface area contributed by atoms with Crippen LogP contribution in [0.4, 0.5) is 0 Å². The molecule has 0 spiro atoms. The van der Waals surface area contributed by atoms with Crippen LogP contribution >= 0.6 is 0 Å². The number of carboxylic acid groups (broad SMARTS) is 1. The third-order valence-electron chi connectivity index (χ3n) is 3.23. The van der Waals surface area contributed by atoms with Crippen molar-refractivity contribution in [2.75, 3.05) is 0 Å². The maximum absolute atomic E-state index is 11.9. The van der Waals surface area contributed by atoms with E-state index in [1.165, 1.54) is 13.8 Å². The molecule has 0 aliphatic heterocycles. The number of nitrogens with one attached hydrogen (secondary N) is 1. The van der Waals surface area contributed by atoms with Crippen LogP contribution in [-0.2, 0) is 16.1 Å². The van der Waals surface area contributed by atoms with Gasteiger partial charge in [0.05, 0.1) is 0 Å². The zero-order chi connectivity index (χ0) is 15.6. The summed E-state index contributed by atoms with van der Waals surface area (Å²) in [4.78, 5) is 34.2. The van der Waals surface area contributed by atoms with Gasteiger partial charge in [0.25, 0.3) is 0 Å². The maximum Gasteiger partial charge on any atom is 0.325 e. The Morgan fingerprint density at radius 1 is 1.29 bits per heavy atom. The van der Waals surface area contributed by atoms with Gasteiger partial charge in [0.15, 0.2) is 5.78 Å². The number of carbonyl (C=O) groups is 3. The Morgan fingerprint density at radius 3 is 2.57 bits per heavy atom. The first-order valence-electron chi connectivity index (χ1n) is 6.51. The Labute approximate surface area is 121 Å². The van der Waals surface area contributed by atoms with Crippen molar-refractivity contribution >= 4 is 28.6 Å². The van der Waals surface area contributed by atoms with Crippen molar-refractivity contribution in [1.29, 1.82) is 0 Å². The second-order valence-electron chi connectivity index (χ2n) is 4.87. The second kappa shape index (κ2) is 5.78. The number of benzene rings is 1. The van der Waals surface area contributed by atoms with Crippen LogP contribution in [0.1, 0.15) is 24.2 Å². The van der Waals surface area contributed by atoms with Crippen molar-refractivity contribution in [3.05, 3.63) is 36.0 Å². The average Bonchev–Trinajstić information content (AvgIpc) is 2.78. The van der Waals surface area contributed by atoms with E-state index in [2.05, 4.69) is 5.32 Å². The van der Waals surface area contributed by atoms with Crippen molar-refractivity contribution < 1.29 is 19.5 Å². The number of ketones is 1. The highest BCUT2D eigenvalue weighted by Crippen LogP contribution is 2.21. The van der Waals surface area contributed by atoms with E-state index in [-0.39, 0.29) is 12.3 Å². The van der Waals surface area contributed by atoms with Crippen LogP contribution in [0.15, 0.2) is 30.5 Å². The quantitative estimate of drug-likeness (QED) is 0.815. The van der Waals surface area contributed by atoms with Gasteiger partial charge in [-0.1, -0.05) is 18.2 Å². The standard InChI is InChI=1S/C15H16N2O4/c1-9(15(20)21)16-14(19)8-17-7-12(10(2)18)11-5-3-4-6-13(11)17/h3-7,9H,8H2,1-2H3,(H,16,19)(H,20,21)/t9-/m1/s1. The number of rotatable bonds is 5. The van der Waals surface area contributed by atoms with E-state index in [1.54, 1.807) is 10.8 Å². The molecule has 1 aromatic carbocycles. The maximum atomic E-state index is 11.9. The van der Waals surface area contributed by atoms with Crippen LogP contribution in [-0.4, -0.2) is 33.4 Å². The average molecular weight is 288 g/mol. The minimum atomic E-state index is -1.09. The predicted octanol–water partition coefficient (Wildman–Crippen LogP) is 1.43. The number of aromatic nitrogens is 1. The zero-order valence-electron chi connectivity index (χ0n) is 11.8. The van der Waals surface area contributed by atoms with Crippen LogP contribution < -0.4 is 5.32 Å². The molecular formula is C15H16N2O4. The number of amides is 1. The molecule has 0 saturated heterocycles. The van der Waals surface area contributed by atoms with Gasteiger partial charge in [0, 0.05) is 22.7 Å². The summed E-state index contributed by atoms with van der Waals surface area (Å²) in [5.74, 6) is -1.59. The van der Waals surface area contributed by atoms with Gasteiger partial charge in [0.1, 0.15) is 12.6 Å². The SMILES string of the molecule is CC(=O)c1cn(CC(=O)N[C@H](C)C(=O)O)c2ccccc12. The fourth-order valence-corrected chi connectivity index (χ4v) is 2.16. The number of hydrogen-bond acceptors (Lipinski definition) is 3. The highest BCUT2D eigenvalue weighted by atomic mass is 16.4. The molecule has 2 N–H and O–H groups in total. The van der Waals surface area contributed by atoms with Crippen LogP contribution in [0.25, 0.3) is 10.9 Å². The number of aliphatic carboxylic acids is 1. The molecule has 0 aliphatic rings. The number of hydrogen-bond donors (Lipinski definition) is 2. The Morgan fingerprint density at radius 2 is 1.95 bits per heavy atom. The minimum absolute atomic E-state index is 0.0363. The van der Waals surface area contributed by atoms with Crippen molar-refractivity contribution in [2.24, 2.45) is 0 Å². The van der Waals surface area contributed by atoms with E-state index in [4.69, 9.17) is 5.11 Å². The lowest BCUT2D eigenvalue weighted by molar-refractivity contribution is -0.141. The molecular weight excluding hydrogens is 272 g/mol. The largest absolute Gasteiger partial charge is 0.480 e. The Bertz CT molecular complexity index is 718. The van der Waals surface area contributed by atoms with Gasteiger partial charge in [-0.05, 0) is 19.9 Å². The van der Waals surface area contributed by atoms with Gasteiger partial charge in [-0.2, -0.15) is 0 Å².